The van der Waals surface area contributed by atoms with Crippen molar-refractivity contribution in [3.8, 4) is 0 Å². The van der Waals surface area contributed by atoms with E-state index in [4.69, 9.17) is 14.9 Å². The largest absolute Gasteiger partial charge is 0.481 e. The Kier molecular flexibility index (Phi) is 4.10. The third-order valence-electron chi connectivity index (χ3n) is 1.97. The Morgan fingerprint density at radius 3 is 2.15 bits per heavy atom. The van der Waals surface area contributed by atoms with Crippen LogP contribution in [0.15, 0.2) is 0 Å². The summed E-state index contributed by atoms with van der Waals surface area (Å²) in [5.74, 6) is -0.943. The van der Waals surface area contributed by atoms with Crippen LogP contribution in [0.1, 0.15) is 33.1 Å². The number of hydrogen-bond donors (Lipinski definition) is 3. The third kappa shape index (κ3) is 4.41. The van der Waals surface area contributed by atoms with Crippen LogP contribution in [0.2, 0.25) is 0 Å². The summed E-state index contributed by atoms with van der Waals surface area (Å²) >= 11 is 0. The average molecular weight is 210 g/mol. The van der Waals surface area contributed by atoms with Crippen molar-refractivity contribution in [1.82, 2.24) is 0 Å². The first-order valence-electron chi connectivity index (χ1n) is 3.94. The molecule has 3 N–H and O–H groups in total. The molecule has 0 aromatic heterocycles. The molecule has 0 radical (unpaired) electrons. The van der Waals surface area contributed by atoms with Crippen molar-refractivity contribution in [1.29, 1.82) is 0 Å². The molecule has 0 bridgehead atoms. The van der Waals surface area contributed by atoms with Gasteiger partial charge in [-0.2, -0.15) is 0 Å². The Hall–Kier alpha value is -0.380. The smallest absolute Gasteiger partial charge is 0.331 e. The van der Waals surface area contributed by atoms with Crippen LogP contribution in [0.5, 0.6) is 0 Å². The molecule has 0 fully saturated rings. The third-order valence-corrected chi connectivity index (χ3v) is 3.77. The van der Waals surface area contributed by atoms with Crippen LogP contribution in [0, 0.1) is 0 Å². The Balaban J connectivity index is 4.05. The summed E-state index contributed by atoms with van der Waals surface area (Å²) in [7, 11) is -4.12. The van der Waals surface area contributed by atoms with Crippen molar-refractivity contribution in [2.45, 2.75) is 38.3 Å². The van der Waals surface area contributed by atoms with E-state index in [0.29, 0.717) is 0 Å². The van der Waals surface area contributed by atoms with Crippen LogP contribution in [-0.4, -0.2) is 26.0 Å². The molecule has 0 aromatic carbocycles. The van der Waals surface area contributed by atoms with Gasteiger partial charge in [-0.1, -0.05) is 0 Å². The highest BCUT2D eigenvalue weighted by atomic mass is 31.2. The number of aliphatic carboxylic acids is 1. The lowest BCUT2D eigenvalue weighted by atomic mass is 10.1. The van der Waals surface area contributed by atoms with E-state index >= 15 is 0 Å². The Morgan fingerprint density at radius 2 is 1.85 bits per heavy atom. The van der Waals surface area contributed by atoms with Gasteiger partial charge in [-0.15, -0.1) is 0 Å². The SMILES string of the molecule is CC(C)(CCCC(=O)O)P(=O)(O)O. The molecule has 5 nitrogen and oxygen atoms in total. The van der Waals surface area contributed by atoms with Crippen molar-refractivity contribution < 1.29 is 24.3 Å². The minimum atomic E-state index is -4.12. The van der Waals surface area contributed by atoms with Gasteiger partial charge < -0.3 is 14.9 Å². The van der Waals surface area contributed by atoms with E-state index in [0.717, 1.165) is 0 Å². The standard InChI is InChI=1S/C7H15O5P/c1-7(2,13(10,11)12)5-3-4-6(8)9/h3-5H2,1-2H3,(H,8,9)(H2,10,11,12). The van der Waals surface area contributed by atoms with Gasteiger partial charge in [0, 0.05) is 6.42 Å². The second-order valence-electron chi connectivity index (χ2n) is 3.60. The molecular weight excluding hydrogens is 195 g/mol. The van der Waals surface area contributed by atoms with E-state index in [1.807, 2.05) is 0 Å². The summed E-state index contributed by atoms with van der Waals surface area (Å²) in [6.45, 7) is 2.88. The summed E-state index contributed by atoms with van der Waals surface area (Å²) < 4.78 is 10.9. The monoisotopic (exact) mass is 210 g/mol. The zero-order valence-electron chi connectivity index (χ0n) is 7.73. The zero-order chi connectivity index (χ0) is 10.7. The fraction of sp³-hybridized carbons (Fsp3) is 0.857. The summed E-state index contributed by atoms with van der Waals surface area (Å²) in [5, 5.41) is 7.20. The van der Waals surface area contributed by atoms with Gasteiger partial charge in [0.15, 0.2) is 0 Å². The average Bonchev–Trinajstić information content (AvgIpc) is 1.82. The van der Waals surface area contributed by atoms with Gasteiger partial charge in [0.2, 0.25) is 0 Å². The van der Waals surface area contributed by atoms with Gasteiger partial charge in [0.05, 0.1) is 5.16 Å². The first-order chi connectivity index (χ1) is 5.67. The molecule has 78 valence electrons. The maximum absolute atomic E-state index is 10.9. The van der Waals surface area contributed by atoms with Gasteiger partial charge >= 0.3 is 13.6 Å². The van der Waals surface area contributed by atoms with E-state index in [1.54, 1.807) is 0 Å². The predicted octanol–water partition coefficient (Wildman–Crippen LogP) is 1.20. The first-order valence-corrected chi connectivity index (χ1v) is 5.55. The fourth-order valence-corrected chi connectivity index (χ4v) is 1.27. The van der Waals surface area contributed by atoms with Crippen LogP contribution in [0.25, 0.3) is 0 Å². The molecular formula is C7H15O5P. The van der Waals surface area contributed by atoms with Gasteiger partial charge in [0.25, 0.3) is 0 Å². The fourth-order valence-electron chi connectivity index (χ4n) is 0.818. The normalized spacial score (nSPS) is 12.9. The maximum atomic E-state index is 10.9. The molecule has 13 heavy (non-hydrogen) atoms. The molecule has 0 unspecified atom stereocenters. The molecule has 0 aliphatic heterocycles. The Bertz CT molecular complexity index is 229. The number of carboxylic acids is 1. The molecule has 0 aliphatic carbocycles. The van der Waals surface area contributed by atoms with Crippen molar-refractivity contribution in [2.24, 2.45) is 0 Å². The van der Waals surface area contributed by atoms with E-state index in [1.165, 1.54) is 13.8 Å². The summed E-state index contributed by atoms with van der Waals surface area (Å²) in [6, 6.07) is 0. The molecule has 6 heteroatoms. The Morgan fingerprint density at radius 1 is 1.38 bits per heavy atom. The quantitative estimate of drug-likeness (QED) is 0.592. The minimum absolute atomic E-state index is 0.0522. The minimum Gasteiger partial charge on any atom is -0.481 e. The summed E-state index contributed by atoms with van der Waals surface area (Å²) in [6.07, 6.45) is 0.445. The lowest BCUT2D eigenvalue weighted by molar-refractivity contribution is -0.137. The van der Waals surface area contributed by atoms with Gasteiger partial charge in [0.1, 0.15) is 0 Å². The number of carboxylic acid groups (broad SMARTS) is 1. The predicted molar refractivity (Wildman–Crippen MR) is 47.6 cm³/mol. The van der Waals surface area contributed by atoms with Gasteiger partial charge in [-0.25, -0.2) is 0 Å². The molecule has 0 aliphatic rings. The number of rotatable bonds is 5. The van der Waals surface area contributed by atoms with Gasteiger partial charge in [-0.3, -0.25) is 9.36 Å². The topological polar surface area (TPSA) is 94.8 Å². The van der Waals surface area contributed by atoms with Crippen molar-refractivity contribution >= 4 is 13.6 Å². The molecule has 0 aromatic rings. The first kappa shape index (κ1) is 12.6. The highest BCUT2D eigenvalue weighted by molar-refractivity contribution is 7.53. The number of hydrogen-bond acceptors (Lipinski definition) is 2. The molecule has 0 spiro atoms. The van der Waals surface area contributed by atoms with Crippen LogP contribution in [0.3, 0.4) is 0 Å². The molecule has 0 heterocycles. The van der Waals surface area contributed by atoms with Gasteiger partial charge in [-0.05, 0) is 26.7 Å². The second-order valence-corrected chi connectivity index (χ2v) is 5.90. The molecule has 0 saturated carbocycles. The second kappa shape index (κ2) is 4.22. The molecule has 0 saturated heterocycles. The highest BCUT2D eigenvalue weighted by Crippen LogP contribution is 2.52. The van der Waals surface area contributed by atoms with Crippen LogP contribution in [-0.2, 0) is 9.36 Å². The van der Waals surface area contributed by atoms with Crippen molar-refractivity contribution in [2.75, 3.05) is 0 Å². The zero-order valence-corrected chi connectivity index (χ0v) is 8.62. The summed E-state index contributed by atoms with van der Waals surface area (Å²) in [5.41, 5.74) is 0. The Labute approximate surface area is 76.9 Å². The van der Waals surface area contributed by atoms with Crippen molar-refractivity contribution in [3.63, 3.8) is 0 Å². The van der Waals surface area contributed by atoms with E-state index in [-0.39, 0.29) is 19.3 Å². The molecule has 0 atom stereocenters. The lowest BCUT2D eigenvalue weighted by Crippen LogP contribution is -2.20. The van der Waals surface area contributed by atoms with Crippen LogP contribution < -0.4 is 0 Å². The van der Waals surface area contributed by atoms with Crippen LogP contribution >= 0.6 is 7.60 Å². The van der Waals surface area contributed by atoms with E-state index < -0.39 is 18.7 Å². The van der Waals surface area contributed by atoms with E-state index in [9.17, 15) is 9.36 Å². The molecule has 0 amide bonds. The molecule has 0 rings (SSSR count). The van der Waals surface area contributed by atoms with Crippen LogP contribution in [0.4, 0.5) is 0 Å². The maximum Gasteiger partial charge on any atom is 0.331 e. The highest BCUT2D eigenvalue weighted by Gasteiger charge is 2.36. The lowest BCUT2D eigenvalue weighted by Gasteiger charge is -2.25. The number of carbonyl (C=O) groups is 1. The summed E-state index contributed by atoms with van der Waals surface area (Å²) in [4.78, 5) is 27.9. The van der Waals surface area contributed by atoms with Crippen molar-refractivity contribution in [3.05, 3.63) is 0 Å². The van der Waals surface area contributed by atoms with E-state index in [2.05, 4.69) is 0 Å².